The first-order valence-corrected chi connectivity index (χ1v) is 12.6. The van der Waals surface area contributed by atoms with Crippen LogP contribution in [0.5, 0.6) is 0 Å². The van der Waals surface area contributed by atoms with Crippen LogP contribution in [0.25, 0.3) is 11.1 Å². The normalized spacial score (nSPS) is 16.1. The fraction of sp³-hybridized carbons (Fsp3) is 0.346. The summed E-state index contributed by atoms with van der Waals surface area (Å²) in [5.74, 6) is -0.110. The standard InChI is InChI=1S/C26H29Cl2N5O3/c1-15(2)32-24-10-20(21(28)13-31-24)18-9-22(30-12-18)25(34)33-23(16-4-3-5-19(27)8-16)14-36-26(35)17-6-7-29-11-17/h3-5,8-10,12-13,15,17,23,29-30H,6-7,11,14H2,1-2H3,(H,31,32)(H,33,34). The van der Waals surface area contributed by atoms with E-state index in [4.69, 9.17) is 27.9 Å². The summed E-state index contributed by atoms with van der Waals surface area (Å²) in [5, 5.41) is 10.4. The maximum absolute atomic E-state index is 13.2. The van der Waals surface area contributed by atoms with Gasteiger partial charge in [-0.3, -0.25) is 9.59 Å². The summed E-state index contributed by atoms with van der Waals surface area (Å²) < 4.78 is 5.58. The molecule has 2 atom stereocenters. The van der Waals surface area contributed by atoms with Gasteiger partial charge in [0, 0.05) is 41.1 Å². The van der Waals surface area contributed by atoms with Gasteiger partial charge in [0.25, 0.3) is 5.91 Å². The molecule has 1 saturated heterocycles. The molecule has 1 amide bonds. The van der Waals surface area contributed by atoms with E-state index in [0.29, 0.717) is 28.1 Å². The summed E-state index contributed by atoms with van der Waals surface area (Å²) in [6.07, 6.45) is 4.04. The summed E-state index contributed by atoms with van der Waals surface area (Å²) in [6, 6.07) is 10.3. The first kappa shape index (κ1) is 26.0. The van der Waals surface area contributed by atoms with E-state index in [9.17, 15) is 9.59 Å². The number of halogens is 2. The number of aromatic amines is 1. The van der Waals surface area contributed by atoms with Crippen LogP contribution in [-0.2, 0) is 9.53 Å². The number of ether oxygens (including phenoxy) is 1. The molecule has 1 aromatic carbocycles. The molecular formula is C26H29Cl2N5O3. The maximum Gasteiger partial charge on any atom is 0.310 e. The lowest BCUT2D eigenvalue weighted by Crippen LogP contribution is -2.33. The fourth-order valence-electron chi connectivity index (χ4n) is 4.04. The van der Waals surface area contributed by atoms with E-state index in [1.165, 1.54) is 0 Å². The molecule has 0 radical (unpaired) electrons. The highest BCUT2D eigenvalue weighted by atomic mass is 35.5. The van der Waals surface area contributed by atoms with Crippen molar-refractivity contribution >= 4 is 40.9 Å². The van der Waals surface area contributed by atoms with Crippen LogP contribution in [0.1, 0.15) is 42.4 Å². The Kier molecular flexibility index (Phi) is 8.51. The topological polar surface area (TPSA) is 108 Å². The summed E-state index contributed by atoms with van der Waals surface area (Å²) in [7, 11) is 0. The number of nitrogens with one attached hydrogen (secondary N) is 4. The van der Waals surface area contributed by atoms with Crippen molar-refractivity contribution in [2.24, 2.45) is 5.92 Å². The Morgan fingerprint density at radius 3 is 2.78 bits per heavy atom. The molecule has 36 heavy (non-hydrogen) atoms. The third-order valence-corrected chi connectivity index (χ3v) is 6.41. The van der Waals surface area contributed by atoms with Gasteiger partial charge in [-0.05, 0) is 56.6 Å². The summed E-state index contributed by atoms with van der Waals surface area (Å²) in [6.45, 7) is 5.43. The van der Waals surface area contributed by atoms with Gasteiger partial charge in [-0.15, -0.1) is 0 Å². The number of amides is 1. The summed E-state index contributed by atoms with van der Waals surface area (Å²) in [4.78, 5) is 32.9. The number of carbonyl (C=O) groups is 2. The van der Waals surface area contributed by atoms with E-state index in [1.54, 1.807) is 36.7 Å². The van der Waals surface area contributed by atoms with Crippen LogP contribution in [-0.4, -0.2) is 47.6 Å². The molecule has 1 fully saturated rings. The van der Waals surface area contributed by atoms with Crippen molar-refractivity contribution in [1.82, 2.24) is 20.6 Å². The van der Waals surface area contributed by atoms with E-state index in [2.05, 4.69) is 25.9 Å². The molecule has 4 N–H and O–H groups in total. The Hall–Kier alpha value is -3.07. The number of pyridine rings is 1. The Morgan fingerprint density at radius 2 is 2.06 bits per heavy atom. The van der Waals surface area contributed by atoms with E-state index < -0.39 is 6.04 Å². The van der Waals surface area contributed by atoms with Crippen LogP contribution >= 0.6 is 23.2 Å². The number of esters is 1. The van der Waals surface area contributed by atoms with Crippen LogP contribution in [0.3, 0.4) is 0 Å². The lowest BCUT2D eigenvalue weighted by atomic mass is 10.1. The molecule has 4 rings (SSSR count). The number of nitrogens with zero attached hydrogens (tertiary/aromatic N) is 1. The maximum atomic E-state index is 13.2. The highest BCUT2D eigenvalue weighted by Gasteiger charge is 2.26. The Morgan fingerprint density at radius 1 is 1.22 bits per heavy atom. The smallest absolute Gasteiger partial charge is 0.310 e. The number of aromatic nitrogens is 2. The van der Waals surface area contributed by atoms with Crippen LogP contribution < -0.4 is 16.0 Å². The van der Waals surface area contributed by atoms with Crippen molar-refractivity contribution in [3.8, 4) is 11.1 Å². The Balaban J connectivity index is 1.50. The molecule has 2 unspecified atom stereocenters. The van der Waals surface area contributed by atoms with Gasteiger partial charge in [-0.25, -0.2) is 4.98 Å². The second kappa shape index (κ2) is 11.8. The minimum atomic E-state index is -0.576. The number of anilines is 1. The highest BCUT2D eigenvalue weighted by molar-refractivity contribution is 6.33. The SMILES string of the molecule is CC(C)Nc1cc(-c2c[nH]c(C(=O)NC(COC(=O)C3CCNC3)c3cccc(Cl)c3)c2)c(Cl)cn1. The lowest BCUT2D eigenvalue weighted by Gasteiger charge is -2.20. The van der Waals surface area contributed by atoms with E-state index >= 15 is 0 Å². The van der Waals surface area contributed by atoms with E-state index in [-0.39, 0.29) is 30.4 Å². The van der Waals surface area contributed by atoms with E-state index in [1.807, 2.05) is 26.0 Å². The van der Waals surface area contributed by atoms with Gasteiger partial charge in [-0.2, -0.15) is 0 Å². The zero-order valence-corrected chi connectivity index (χ0v) is 21.6. The second-order valence-corrected chi connectivity index (χ2v) is 9.89. The number of rotatable bonds is 9. The molecule has 0 bridgehead atoms. The number of H-pyrrole nitrogens is 1. The predicted octanol–water partition coefficient (Wildman–Crippen LogP) is 4.83. The zero-order chi connectivity index (χ0) is 25.7. The van der Waals surface area contributed by atoms with Crippen LogP contribution in [0.4, 0.5) is 5.82 Å². The molecule has 1 aliphatic heterocycles. The number of hydrogen-bond donors (Lipinski definition) is 4. The molecular weight excluding hydrogens is 501 g/mol. The Bertz CT molecular complexity index is 1220. The Labute approximate surface area is 220 Å². The van der Waals surface area contributed by atoms with Crippen LogP contribution in [0, 0.1) is 5.92 Å². The van der Waals surface area contributed by atoms with Crippen molar-refractivity contribution in [2.75, 3.05) is 25.0 Å². The zero-order valence-electron chi connectivity index (χ0n) is 20.1. The molecule has 2 aromatic heterocycles. The summed E-state index contributed by atoms with van der Waals surface area (Å²) in [5.41, 5.74) is 2.57. The average molecular weight is 530 g/mol. The number of carbonyl (C=O) groups excluding carboxylic acids is 2. The van der Waals surface area contributed by atoms with Gasteiger partial charge in [-0.1, -0.05) is 35.3 Å². The minimum Gasteiger partial charge on any atom is -0.463 e. The van der Waals surface area contributed by atoms with E-state index in [0.717, 1.165) is 29.7 Å². The van der Waals surface area contributed by atoms with Crippen molar-refractivity contribution in [3.05, 3.63) is 70.1 Å². The van der Waals surface area contributed by atoms with Crippen molar-refractivity contribution in [1.29, 1.82) is 0 Å². The van der Waals surface area contributed by atoms with Crippen molar-refractivity contribution < 1.29 is 14.3 Å². The van der Waals surface area contributed by atoms with Gasteiger partial charge in [0.15, 0.2) is 0 Å². The summed E-state index contributed by atoms with van der Waals surface area (Å²) >= 11 is 12.6. The molecule has 1 aliphatic rings. The van der Waals surface area contributed by atoms with Gasteiger partial charge < -0.3 is 25.7 Å². The highest BCUT2D eigenvalue weighted by Crippen LogP contribution is 2.30. The molecule has 3 heterocycles. The van der Waals surface area contributed by atoms with Crippen molar-refractivity contribution in [3.63, 3.8) is 0 Å². The molecule has 0 aliphatic carbocycles. The van der Waals surface area contributed by atoms with Crippen LogP contribution in [0.15, 0.2) is 48.8 Å². The molecule has 0 spiro atoms. The molecule has 10 heteroatoms. The quantitative estimate of drug-likeness (QED) is 0.295. The molecule has 3 aromatic rings. The minimum absolute atomic E-state index is 0.00457. The lowest BCUT2D eigenvalue weighted by molar-refractivity contribution is -0.148. The monoisotopic (exact) mass is 529 g/mol. The largest absolute Gasteiger partial charge is 0.463 e. The number of hydrogen-bond acceptors (Lipinski definition) is 6. The average Bonchev–Trinajstić information content (AvgIpc) is 3.55. The predicted molar refractivity (Wildman–Crippen MR) is 141 cm³/mol. The first-order valence-electron chi connectivity index (χ1n) is 11.8. The molecule has 0 saturated carbocycles. The second-order valence-electron chi connectivity index (χ2n) is 9.05. The van der Waals surface area contributed by atoms with Crippen molar-refractivity contribution in [2.45, 2.75) is 32.4 Å². The third kappa shape index (κ3) is 6.57. The first-order chi connectivity index (χ1) is 17.3. The third-order valence-electron chi connectivity index (χ3n) is 5.87. The van der Waals surface area contributed by atoms with Gasteiger partial charge in [0.2, 0.25) is 0 Å². The van der Waals surface area contributed by atoms with Gasteiger partial charge in [0.1, 0.15) is 18.1 Å². The fourth-order valence-corrected chi connectivity index (χ4v) is 4.45. The molecule has 190 valence electrons. The van der Waals surface area contributed by atoms with Crippen LogP contribution in [0.2, 0.25) is 10.0 Å². The van der Waals surface area contributed by atoms with Gasteiger partial charge >= 0.3 is 5.97 Å². The van der Waals surface area contributed by atoms with Gasteiger partial charge in [0.05, 0.1) is 17.0 Å². The number of benzene rings is 1. The molecule has 8 nitrogen and oxygen atoms in total.